The van der Waals surface area contributed by atoms with Gasteiger partial charge < -0.3 is 10.2 Å². The molecule has 1 unspecified atom stereocenters. The maximum absolute atomic E-state index is 12.2. The number of rotatable bonds is 3. The van der Waals surface area contributed by atoms with Crippen molar-refractivity contribution < 1.29 is 12.8 Å². The Morgan fingerprint density at radius 2 is 2.15 bits per heavy atom. The first kappa shape index (κ1) is 13.2. The molecule has 0 spiro atoms. The van der Waals surface area contributed by atoms with Gasteiger partial charge >= 0.3 is 0 Å². The molecule has 0 amide bonds. The highest BCUT2D eigenvalue weighted by molar-refractivity contribution is 7.89. The lowest BCUT2D eigenvalue weighted by atomic mass is 9.88. The zero-order chi connectivity index (χ0) is 14.2. The Morgan fingerprint density at radius 3 is 2.90 bits per heavy atom. The molecule has 1 atom stereocenters. The summed E-state index contributed by atoms with van der Waals surface area (Å²) in [5, 5.41) is -0.0555. The number of aryl methyl sites for hydroxylation is 1. The molecule has 1 aliphatic rings. The van der Waals surface area contributed by atoms with Crippen molar-refractivity contribution in [2.45, 2.75) is 30.4 Å². The van der Waals surface area contributed by atoms with Crippen LogP contribution in [0.2, 0.25) is 0 Å². The van der Waals surface area contributed by atoms with Gasteiger partial charge in [-0.3, -0.25) is 0 Å². The third-order valence-electron chi connectivity index (χ3n) is 3.54. The Labute approximate surface area is 117 Å². The average Bonchev–Trinajstić information content (AvgIpc) is 2.93. The van der Waals surface area contributed by atoms with E-state index in [4.69, 9.17) is 10.2 Å². The van der Waals surface area contributed by atoms with E-state index in [2.05, 4.69) is 4.72 Å². The SMILES string of the molecule is Nc1ccc2c(c1)CCCC2NS(=O)(=O)c1ccco1. The van der Waals surface area contributed by atoms with Crippen LogP contribution in [-0.4, -0.2) is 8.42 Å². The molecule has 3 N–H and O–H groups in total. The lowest BCUT2D eigenvalue weighted by Crippen LogP contribution is -2.30. The van der Waals surface area contributed by atoms with Crippen molar-refractivity contribution in [3.63, 3.8) is 0 Å². The molecule has 1 aromatic carbocycles. The van der Waals surface area contributed by atoms with Gasteiger partial charge in [0.1, 0.15) is 0 Å². The molecule has 0 fully saturated rings. The van der Waals surface area contributed by atoms with Crippen LogP contribution in [0.15, 0.2) is 46.1 Å². The molecule has 0 radical (unpaired) electrons. The summed E-state index contributed by atoms with van der Waals surface area (Å²) in [7, 11) is -3.62. The van der Waals surface area contributed by atoms with Crippen LogP contribution in [0.25, 0.3) is 0 Å². The Balaban J connectivity index is 1.90. The first-order valence-electron chi connectivity index (χ1n) is 6.50. The predicted molar refractivity (Wildman–Crippen MR) is 75.6 cm³/mol. The minimum atomic E-state index is -3.62. The summed E-state index contributed by atoms with van der Waals surface area (Å²) in [6.07, 6.45) is 3.99. The average molecular weight is 292 g/mol. The van der Waals surface area contributed by atoms with E-state index in [-0.39, 0.29) is 11.1 Å². The van der Waals surface area contributed by atoms with Crippen LogP contribution in [0.1, 0.15) is 30.0 Å². The van der Waals surface area contributed by atoms with E-state index in [0.29, 0.717) is 5.69 Å². The number of nitrogen functional groups attached to an aromatic ring is 1. The first-order chi connectivity index (χ1) is 9.56. The third-order valence-corrected chi connectivity index (χ3v) is 4.90. The molecule has 0 bridgehead atoms. The van der Waals surface area contributed by atoms with Crippen LogP contribution in [0, 0.1) is 0 Å². The smallest absolute Gasteiger partial charge is 0.274 e. The van der Waals surface area contributed by atoms with Gasteiger partial charge in [0.25, 0.3) is 10.0 Å². The molecule has 1 heterocycles. The summed E-state index contributed by atoms with van der Waals surface area (Å²) in [6, 6.07) is 8.40. The van der Waals surface area contributed by atoms with Gasteiger partial charge in [-0.2, -0.15) is 0 Å². The van der Waals surface area contributed by atoms with Gasteiger partial charge in [-0.1, -0.05) is 6.07 Å². The number of anilines is 1. The fourth-order valence-electron chi connectivity index (χ4n) is 2.62. The highest BCUT2D eigenvalue weighted by atomic mass is 32.2. The lowest BCUT2D eigenvalue weighted by Gasteiger charge is -2.26. The maximum atomic E-state index is 12.2. The van der Waals surface area contributed by atoms with Gasteiger partial charge in [0.15, 0.2) is 0 Å². The molecular weight excluding hydrogens is 276 g/mol. The van der Waals surface area contributed by atoms with Crippen LogP contribution in [0.5, 0.6) is 0 Å². The molecule has 5 nitrogen and oxygen atoms in total. The van der Waals surface area contributed by atoms with Gasteiger partial charge in [-0.15, -0.1) is 0 Å². The molecule has 1 aliphatic carbocycles. The minimum Gasteiger partial charge on any atom is -0.452 e. The highest BCUT2D eigenvalue weighted by Crippen LogP contribution is 2.32. The van der Waals surface area contributed by atoms with Gasteiger partial charge in [-0.05, 0) is 54.7 Å². The fourth-order valence-corrected chi connectivity index (χ4v) is 3.79. The van der Waals surface area contributed by atoms with E-state index in [1.165, 1.54) is 12.3 Å². The molecule has 20 heavy (non-hydrogen) atoms. The fraction of sp³-hybridized carbons (Fsp3) is 0.286. The second-order valence-corrected chi connectivity index (χ2v) is 6.60. The molecule has 106 valence electrons. The number of nitrogens with one attached hydrogen (secondary N) is 1. The molecule has 3 rings (SSSR count). The number of furan rings is 1. The first-order valence-corrected chi connectivity index (χ1v) is 7.99. The van der Waals surface area contributed by atoms with Crippen molar-refractivity contribution in [1.82, 2.24) is 4.72 Å². The normalized spacial score (nSPS) is 18.7. The summed E-state index contributed by atoms with van der Waals surface area (Å²) in [5.41, 5.74) is 8.60. The van der Waals surface area contributed by atoms with E-state index in [1.54, 1.807) is 12.1 Å². The molecule has 0 saturated carbocycles. The van der Waals surface area contributed by atoms with E-state index >= 15 is 0 Å². The number of hydrogen-bond acceptors (Lipinski definition) is 4. The Kier molecular flexibility index (Phi) is 3.27. The van der Waals surface area contributed by atoms with Crippen LogP contribution in [-0.2, 0) is 16.4 Å². The number of hydrogen-bond donors (Lipinski definition) is 2. The van der Waals surface area contributed by atoms with Gasteiger partial charge in [0.2, 0.25) is 5.09 Å². The van der Waals surface area contributed by atoms with Crippen molar-refractivity contribution in [1.29, 1.82) is 0 Å². The number of fused-ring (bicyclic) bond motifs is 1. The molecule has 1 aromatic heterocycles. The topological polar surface area (TPSA) is 85.3 Å². The van der Waals surface area contributed by atoms with Gasteiger partial charge in [-0.25, -0.2) is 13.1 Å². The van der Waals surface area contributed by atoms with E-state index < -0.39 is 10.0 Å². The monoisotopic (exact) mass is 292 g/mol. The zero-order valence-corrected chi connectivity index (χ0v) is 11.7. The quantitative estimate of drug-likeness (QED) is 0.849. The molecule has 0 saturated heterocycles. The van der Waals surface area contributed by atoms with Crippen molar-refractivity contribution in [2.24, 2.45) is 0 Å². The Morgan fingerprint density at radius 1 is 1.30 bits per heavy atom. The van der Waals surface area contributed by atoms with Gasteiger partial charge in [0.05, 0.1) is 6.26 Å². The van der Waals surface area contributed by atoms with Crippen molar-refractivity contribution >= 4 is 15.7 Å². The number of benzene rings is 1. The van der Waals surface area contributed by atoms with Crippen LogP contribution in [0.4, 0.5) is 5.69 Å². The highest BCUT2D eigenvalue weighted by Gasteiger charge is 2.27. The van der Waals surface area contributed by atoms with E-state index in [9.17, 15) is 8.42 Å². The molecular formula is C14H16N2O3S. The van der Waals surface area contributed by atoms with E-state index in [0.717, 1.165) is 30.4 Å². The second kappa shape index (κ2) is 4.96. The van der Waals surface area contributed by atoms with Crippen LogP contribution in [0.3, 0.4) is 0 Å². The zero-order valence-electron chi connectivity index (χ0n) is 10.9. The van der Waals surface area contributed by atoms with Crippen LogP contribution < -0.4 is 10.5 Å². The largest absolute Gasteiger partial charge is 0.452 e. The Hall–Kier alpha value is -1.79. The predicted octanol–water partition coefficient (Wildman–Crippen LogP) is 2.22. The summed E-state index contributed by atoms with van der Waals surface area (Å²) < 4.78 is 32.1. The second-order valence-electron chi connectivity index (χ2n) is 4.96. The third kappa shape index (κ3) is 2.44. The standard InChI is InChI=1S/C14H16N2O3S/c15-11-6-7-12-10(9-11)3-1-4-13(12)16-20(17,18)14-5-2-8-19-14/h2,5-9,13,16H,1,3-4,15H2. The molecule has 0 aliphatic heterocycles. The lowest BCUT2D eigenvalue weighted by molar-refractivity contribution is 0.435. The summed E-state index contributed by atoms with van der Waals surface area (Å²) >= 11 is 0. The minimum absolute atomic E-state index is 0.0555. The number of nitrogens with two attached hydrogens (primary N) is 1. The Bertz CT molecular complexity index is 708. The van der Waals surface area contributed by atoms with Crippen molar-refractivity contribution in [2.75, 3.05) is 5.73 Å². The summed E-state index contributed by atoms with van der Waals surface area (Å²) in [5.74, 6) is 0. The number of sulfonamides is 1. The molecule has 2 aromatic rings. The van der Waals surface area contributed by atoms with Crippen molar-refractivity contribution in [3.8, 4) is 0 Å². The summed E-state index contributed by atoms with van der Waals surface area (Å²) in [4.78, 5) is 0. The van der Waals surface area contributed by atoms with Crippen molar-refractivity contribution in [3.05, 3.63) is 47.7 Å². The maximum Gasteiger partial charge on any atom is 0.274 e. The summed E-state index contributed by atoms with van der Waals surface area (Å²) in [6.45, 7) is 0. The van der Waals surface area contributed by atoms with E-state index in [1.807, 2.05) is 12.1 Å². The molecule has 6 heteroatoms. The van der Waals surface area contributed by atoms with Gasteiger partial charge in [0, 0.05) is 11.7 Å². The van der Waals surface area contributed by atoms with Crippen LogP contribution >= 0.6 is 0 Å².